The summed E-state index contributed by atoms with van der Waals surface area (Å²) in [4.78, 5) is 29.1. The number of azide groups is 1. The zero-order valence-corrected chi connectivity index (χ0v) is 19.4. The van der Waals surface area contributed by atoms with Crippen molar-refractivity contribution in [1.29, 1.82) is 0 Å². The highest BCUT2D eigenvalue weighted by Gasteiger charge is 2.35. The molecule has 32 heavy (non-hydrogen) atoms. The Morgan fingerprint density at radius 3 is 2.56 bits per heavy atom. The van der Waals surface area contributed by atoms with E-state index in [9.17, 15) is 9.59 Å². The summed E-state index contributed by atoms with van der Waals surface area (Å²) in [6.07, 6.45) is 15.5. The van der Waals surface area contributed by atoms with Crippen molar-refractivity contribution in [3.63, 3.8) is 0 Å². The van der Waals surface area contributed by atoms with Gasteiger partial charge in [-0.1, -0.05) is 43.6 Å². The Bertz CT molecular complexity index is 881. The van der Waals surface area contributed by atoms with Gasteiger partial charge in [0.2, 0.25) is 0 Å². The summed E-state index contributed by atoms with van der Waals surface area (Å²) in [5.41, 5.74) is 8.55. The number of nitrogens with zero attached hydrogens (tertiary/aromatic N) is 5. The summed E-state index contributed by atoms with van der Waals surface area (Å²) in [5, 5.41) is 6.75. The standard InChI is InChI=1S/C24H38N6O2/c1-17(21-13-19-8-5-9-20(12-19)14-21)27-23(31)22-16-29(15-18-6-3-2-4-7-18)30(24(22)32)11-10-26-28-25/h16-21H,2-15H2,1H3,(H,27,31). The van der Waals surface area contributed by atoms with E-state index in [2.05, 4.69) is 22.3 Å². The molecule has 8 nitrogen and oxygen atoms in total. The van der Waals surface area contributed by atoms with Crippen molar-refractivity contribution in [1.82, 2.24) is 14.7 Å². The highest BCUT2D eigenvalue weighted by molar-refractivity contribution is 5.93. The van der Waals surface area contributed by atoms with Crippen LogP contribution < -0.4 is 10.9 Å². The Kier molecular flexibility index (Phi) is 7.61. The summed E-state index contributed by atoms with van der Waals surface area (Å²) in [5.74, 6) is 2.37. The highest BCUT2D eigenvalue weighted by Crippen LogP contribution is 2.43. The molecule has 176 valence electrons. The Morgan fingerprint density at radius 2 is 1.88 bits per heavy atom. The van der Waals surface area contributed by atoms with Crippen LogP contribution in [0.5, 0.6) is 0 Å². The average molecular weight is 443 g/mol. The van der Waals surface area contributed by atoms with Crippen LogP contribution in [0.15, 0.2) is 16.1 Å². The van der Waals surface area contributed by atoms with Crippen LogP contribution in [-0.4, -0.2) is 27.9 Å². The van der Waals surface area contributed by atoms with Crippen LogP contribution in [0.4, 0.5) is 0 Å². The first kappa shape index (κ1) is 23.0. The zero-order valence-electron chi connectivity index (χ0n) is 19.4. The van der Waals surface area contributed by atoms with Gasteiger partial charge in [0.05, 0.1) is 0 Å². The molecule has 1 aromatic rings. The number of fused-ring (bicyclic) bond motifs is 2. The molecule has 3 saturated carbocycles. The molecule has 1 aromatic heterocycles. The number of carbonyl (C=O) groups is 1. The number of carbonyl (C=O) groups excluding carboxylic acids is 1. The third-order valence-electron chi connectivity index (χ3n) is 8.17. The van der Waals surface area contributed by atoms with Gasteiger partial charge in [0.15, 0.2) is 0 Å². The van der Waals surface area contributed by atoms with Crippen LogP contribution in [0.25, 0.3) is 10.4 Å². The van der Waals surface area contributed by atoms with Gasteiger partial charge >= 0.3 is 0 Å². The lowest BCUT2D eigenvalue weighted by molar-refractivity contribution is 0.0853. The normalized spacial score (nSPS) is 26.8. The van der Waals surface area contributed by atoms with Crippen LogP contribution in [0.2, 0.25) is 0 Å². The van der Waals surface area contributed by atoms with Crippen molar-refractivity contribution < 1.29 is 4.79 Å². The second kappa shape index (κ2) is 10.6. The fourth-order valence-corrected chi connectivity index (χ4v) is 6.48. The summed E-state index contributed by atoms with van der Waals surface area (Å²) in [7, 11) is 0. The molecule has 1 amide bonds. The molecule has 3 aliphatic carbocycles. The minimum Gasteiger partial charge on any atom is -0.349 e. The molecule has 8 heteroatoms. The van der Waals surface area contributed by atoms with Gasteiger partial charge in [-0.15, -0.1) is 0 Å². The third kappa shape index (κ3) is 5.40. The van der Waals surface area contributed by atoms with E-state index in [0.717, 1.165) is 31.2 Å². The first-order valence-electron chi connectivity index (χ1n) is 12.7. The van der Waals surface area contributed by atoms with E-state index < -0.39 is 0 Å². The zero-order chi connectivity index (χ0) is 22.5. The minimum atomic E-state index is -0.279. The van der Waals surface area contributed by atoms with E-state index >= 15 is 0 Å². The van der Waals surface area contributed by atoms with Crippen LogP contribution >= 0.6 is 0 Å². The molecule has 3 atom stereocenters. The monoisotopic (exact) mass is 442 g/mol. The summed E-state index contributed by atoms with van der Waals surface area (Å²) in [6, 6.07) is 0.0728. The van der Waals surface area contributed by atoms with E-state index in [0.29, 0.717) is 18.4 Å². The smallest absolute Gasteiger partial charge is 0.279 e. The van der Waals surface area contributed by atoms with Crippen LogP contribution in [0.3, 0.4) is 0 Å². The van der Waals surface area contributed by atoms with E-state index in [1.165, 1.54) is 57.8 Å². The molecule has 1 N–H and O–H groups in total. The number of hydrogen-bond acceptors (Lipinski definition) is 3. The van der Waals surface area contributed by atoms with Crippen molar-refractivity contribution in [2.45, 2.75) is 96.7 Å². The molecule has 2 bridgehead atoms. The predicted octanol–water partition coefficient (Wildman–Crippen LogP) is 4.88. The van der Waals surface area contributed by atoms with Crippen LogP contribution in [0.1, 0.15) is 87.9 Å². The largest absolute Gasteiger partial charge is 0.349 e. The maximum absolute atomic E-state index is 13.1. The summed E-state index contributed by atoms with van der Waals surface area (Å²) >= 11 is 0. The lowest BCUT2D eigenvalue weighted by atomic mass is 9.66. The van der Waals surface area contributed by atoms with Crippen molar-refractivity contribution >= 4 is 5.91 Å². The summed E-state index contributed by atoms with van der Waals surface area (Å²) < 4.78 is 3.49. The maximum atomic E-state index is 13.1. The molecule has 4 rings (SSSR count). The second-order valence-corrected chi connectivity index (χ2v) is 10.4. The Labute approximate surface area is 190 Å². The van der Waals surface area contributed by atoms with Crippen molar-refractivity contribution in [3.05, 3.63) is 32.6 Å². The Morgan fingerprint density at radius 1 is 1.16 bits per heavy atom. The molecule has 0 aromatic carbocycles. The maximum Gasteiger partial charge on any atom is 0.279 e. The summed E-state index contributed by atoms with van der Waals surface area (Å²) in [6.45, 7) is 3.33. The molecule has 0 aliphatic heterocycles. The number of rotatable bonds is 8. The highest BCUT2D eigenvalue weighted by atomic mass is 16.2. The van der Waals surface area contributed by atoms with E-state index in [4.69, 9.17) is 5.53 Å². The lowest BCUT2D eigenvalue weighted by Gasteiger charge is -2.41. The molecule has 3 unspecified atom stereocenters. The van der Waals surface area contributed by atoms with Crippen molar-refractivity contribution in [2.24, 2.45) is 28.8 Å². The first-order chi connectivity index (χ1) is 15.5. The number of aromatic nitrogens is 2. The quantitative estimate of drug-likeness (QED) is 0.352. The molecule has 3 aliphatic rings. The minimum absolute atomic E-state index is 0.0728. The van der Waals surface area contributed by atoms with Crippen molar-refractivity contribution in [3.8, 4) is 0 Å². The average Bonchev–Trinajstić information content (AvgIpc) is 3.09. The lowest BCUT2D eigenvalue weighted by Crippen LogP contribution is -2.43. The van der Waals surface area contributed by atoms with Gasteiger partial charge in [0.25, 0.3) is 11.5 Å². The SMILES string of the molecule is CC(NC(=O)c1cn(CC2CCCCC2)n(CCN=[N+]=[N-])c1=O)C1CC2CCCC(C2)C1. The molecular formula is C24H38N6O2. The first-order valence-corrected chi connectivity index (χ1v) is 12.7. The van der Waals surface area contributed by atoms with Gasteiger partial charge in [-0.3, -0.25) is 14.3 Å². The van der Waals surface area contributed by atoms with Crippen molar-refractivity contribution in [2.75, 3.05) is 6.54 Å². The molecule has 3 fully saturated rings. The Hall–Kier alpha value is -2.21. The predicted molar refractivity (Wildman–Crippen MR) is 124 cm³/mol. The second-order valence-electron chi connectivity index (χ2n) is 10.4. The number of hydrogen-bond donors (Lipinski definition) is 1. The molecule has 0 saturated heterocycles. The Balaban J connectivity index is 1.47. The number of amides is 1. The van der Waals surface area contributed by atoms with E-state index in [1.54, 1.807) is 10.9 Å². The fraction of sp³-hybridized carbons (Fsp3) is 0.833. The van der Waals surface area contributed by atoms with Gasteiger partial charge in [0.1, 0.15) is 5.56 Å². The third-order valence-corrected chi connectivity index (χ3v) is 8.17. The number of nitrogens with one attached hydrogen (secondary N) is 1. The molecule has 0 radical (unpaired) electrons. The molecular weight excluding hydrogens is 404 g/mol. The van der Waals surface area contributed by atoms with Gasteiger partial charge in [-0.25, -0.2) is 4.68 Å². The fourth-order valence-electron chi connectivity index (χ4n) is 6.48. The van der Waals surface area contributed by atoms with Gasteiger partial charge in [0, 0.05) is 36.8 Å². The van der Waals surface area contributed by atoms with Gasteiger partial charge in [-0.05, 0) is 68.2 Å². The van der Waals surface area contributed by atoms with E-state index in [1.807, 2.05) is 4.68 Å². The molecule has 1 heterocycles. The molecule has 0 spiro atoms. The van der Waals surface area contributed by atoms with Crippen LogP contribution in [-0.2, 0) is 13.1 Å². The van der Waals surface area contributed by atoms with E-state index in [-0.39, 0.29) is 29.6 Å². The topological polar surface area (TPSA) is 105 Å². The van der Waals surface area contributed by atoms with Crippen LogP contribution in [0, 0.1) is 23.7 Å². The van der Waals surface area contributed by atoms with Gasteiger partial charge in [-0.2, -0.15) is 0 Å². The van der Waals surface area contributed by atoms with Gasteiger partial charge < -0.3 is 5.32 Å².